The Kier molecular flexibility index (Phi) is 9.19. The van der Waals surface area contributed by atoms with Gasteiger partial charge in [-0.3, -0.25) is 19.3 Å². The summed E-state index contributed by atoms with van der Waals surface area (Å²) in [6.07, 6.45) is 5.23. The first kappa shape index (κ1) is 32.5. The van der Waals surface area contributed by atoms with Crippen LogP contribution in [0.2, 0.25) is 0 Å². The number of hydrogen-bond donors (Lipinski definition) is 0. The van der Waals surface area contributed by atoms with Crippen molar-refractivity contribution in [1.82, 2.24) is 29.2 Å². The second-order valence-electron chi connectivity index (χ2n) is 13.7. The minimum Gasteiger partial charge on any atom is -0.349 e. The monoisotopic (exact) mass is 657 g/mol. The van der Waals surface area contributed by atoms with Crippen molar-refractivity contribution in [2.75, 3.05) is 52.4 Å². The molecule has 0 bridgehead atoms. The molecule has 3 aliphatic rings. The van der Waals surface area contributed by atoms with Gasteiger partial charge in [0.15, 0.2) is 0 Å². The highest BCUT2D eigenvalue weighted by Gasteiger charge is 2.34. The smallest absolute Gasteiger partial charge is 0.254 e. The predicted molar refractivity (Wildman–Crippen MR) is 188 cm³/mol. The topological polar surface area (TPSA) is 106 Å². The Morgan fingerprint density at radius 3 is 2.06 bits per heavy atom. The molecule has 0 unspecified atom stereocenters. The van der Waals surface area contributed by atoms with Crippen LogP contribution in [0.25, 0.3) is 33.4 Å². The first-order valence-electron chi connectivity index (χ1n) is 17.4. The summed E-state index contributed by atoms with van der Waals surface area (Å²) >= 11 is 0. The molecule has 0 atom stereocenters. The maximum absolute atomic E-state index is 14.1. The molecule has 3 saturated heterocycles. The lowest BCUT2D eigenvalue weighted by Crippen LogP contribution is -2.55. The Hall–Kier alpha value is -5.01. The van der Waals surface area contributed by atoms with Crippen molar-refractivity contribution in [3.8, 4) is 28.6 Å². The van der Waals surface area contributed by atoms with Gasteiger partial charge in [-0.1, -0.05) is 36.4 Å². The number of fused-ring (bicyclic) bond motifs is 1. The zero-order valence-corrected chi connectivity index (χ0v) is 28.3. The van der Waals surface area contributed by atoms with Crippen molar-refractivity contribution in [2.24, 2.45) is 13.0 Å². The molecule has 3 amide bonds. The van der Waals surface area contributed by atoms with Crippen molar-refractivity contribution in [2.45, 2.75) is 38.6 Å². The number of nitriles is 1. The SMILES string of the molecule is CC(=O)N1CCC(C(=O)N2CCC(N3CCN(C(=O)c4cc(-c5ccccc5)nc(-c5ccc6c(c5)c(C#N)cn6C)c4)CC3)CC2)CC1. The summed E-state index contributed by atoms with van der Waals surface area (Å²) in [5.74, 6) is 0.357. The lowest BCUT2D eigenvalue weighted by atomic mass is 9.93. The number of carbonyl (C=O) groups excluding carboxylic acids is 3. The molecule has 2 aromatic heterocycles. The Labute approximate surface area is 287 Å². The second-order valence-corrected chi connectivity index (χ2v) is 13.7. The van der Waals surface area contributed by atoms with Crippen LogP contribution in [0.15, 0.2) is 66.9 Å². The highest BCUT2D eigenvalue weighted by Crippen LogP contribution is 2.30. The van der Waals surface area contributed by atoms with Crippen LogP contribution >= 0.6 is 0 Å². The normalized spacial score (nSPS) is 18.1. The number of benzene rings is 2. The molecule has 7 rings (SSSR count). The van der Waals surface area contributed by atoms with Crippen molar-refractivity contribution in [3.63, 3.8) is 0 Å². The van der Waals surface area contributed by atoms with Crippen LogP contribution in [0, 0.1) is 17.2 Å². The van der Waals surface area contributed by atoms with E-state index in [-0.39, 0.29) is 23.6 Å². The number of likely N-dealkylation sites (tertiary alicyclic amines) is 2. The van der Waals surface area contributed by atoms with Crippen LogP contribution in [-0.2, 0) is 16.6 Å². The van der Waals surface area contributed by atoms with Gasteiger partial charge in [-0.25, -0.2) is 4.98 Å². The van der Waals surface area contributed by atoms with Crippen LogP contribution in [0.1, 0.15) is 48.5 Å². The fourth-order valence-corrected chi connectivity index (χ4v) is 7.82. The van der Waals surface area contributed by atoms with Gasteiger partial charge in [-0.15, -0.1) is 0 Å². The van der Waals surface area contributed by atoms with E-state index in [1.807, 2.05) is 93.2 Å². The molecule has 3 fully saturated rings. The third-order valence-corrected chi connectivity index (χ3v) is 10.7. The van der Waals surface area contributed by atoms with Crippen LogP contribution in [0.5, 0.6) is 0 Å². The van der Waals surface area contributed by atoms with E-state index >= 15 is 0 Å². The summed E-state index contributed by atoms with van der Waals surface area (Å²) < 4.78 is 1.95. The summed E-state index contributed by atoms with van der Waals surface area (Å²) in [7, 11) is 1.93. The summed E-state index contributed by atoms with van der Waals surface area (Å²) in [6.45, 7) is 7.37. The van der Waals surface area contributed by atoms with E-state index in [1.165, 1.54) is 0 Å². The zero-order valence-electron chi connectivity index (χ0n) is 28.3. The van der Waals surface area contributed by atoms with E-state index < -0.39 is 0 Å². The number of carbonyl (C=O) groups is 3. The van der Waals surface area contributed by atoms with Crippen LogP contribution in [0.4, 0.5) is 0 Å². The number of rotatable bonds is 5. The van der Waals surface area contributed by atoms with Gasteiger partial charge in [0.25, 0.3) is 5.91 Å². The van der Waals surface area contributed by atoms with Gasteiger partial charge in [-0.05, 0) is 49.9 Å². The molecular formula is C39H43N7O3. The number of nitrogens with zero attached hydrogens (tertiary/aromatic N) is 7. The molecule has 0 saturated carbocycles. The van der Waals surface area contributed by atoms with Crippen molar-refractivity contribution >= 4 is 28.6 Å². The molecule has 0 aliphatic carbocycles. The predicted octanol–water partition coefficient (Wildman–Crippen LogP) is 4.79. The molecule has 4 aromatic rings. The lowest BCUT2D eigenvalue weighted by molar-refractivity contribution is -0.141. The van der Waals surface area contributed by atoms with Gasteiger partial charge in [-0.2, -0.15) is 5.26 Å². The summed E-state index contributed by atoms with van der Waals surface area (Å²) in [6, 6.07) is 22.4. The van der Waals surface area contributed by atoms with Gasteiger partial charge in [0.1, 0.15) is 6.07 Å². The zero-order chi connectivity index (χ0) is 34.1. The van der Waals surface area contributed by atoms with Crippen LogP contribution < -0.4 is 0 Å². The first-order chi connectivity index (χ1) is 23.8. The molecular weight excluding hydrogens is 614 g/mol. The fourth-order valence-electron chi connectivity index (χ4n) is 7.82. The van der Waals surface area contributed by atoms with Crippen molar-refractivity contribution in [1.29, 1.82) is 5.26 Å². The van der Waals surface area contributed by atoms with Gasteiger partial charge in [0, 0.05) is 112 Å². The Bertz CT molecular complexity index is 1910. The van der Waals surface area contributed by atoms with E-state index in [2.05, 4.69) is 11.0 Å². The third-order valence-electron chi connectivity index (χ3n) is 10.7. The molecule has 252 valence electrons. The largest absolute Gasteiger partial charge is 0.349 e. The summed E-state index contributed by atoms with van der Waals surface area (Å²) in [5, 5.41) is 10.6. The molecule has 0 spiro atoms. The third kappa shape index (κ3) is 6.68. The highest BCUT2D eigenvalue weighted by atomic mass is 16.2. The average molecular weight is 658 g/mol. The number of pyridine rings is 1. The number of hydrogen-bond acceptors (Lipinski definition) is 6. The number of amides is 3. The Balaban J connectivity index is 1.02. The van der Waals surface area contributed by atoms with Crippen LogP contribution in [0.3, 0.4) is 0 Å². The first-order valence-corrected chi connectivity index (χ1v) is 17.4. The molecule has 3 aliphatic heterocycles. The minimum absolute atomic E-state index is 0.00443. The maximum atomic E-state index is 14.1. The molecule has 10 nitrogen and oxygen atoms in total. The average Bonchev–Trinajstić information content (AvgIpc) is 3.49. The minimum atomic E-state index is -0.00443. The molecule has 49 heavy (non-hydrogen) atoms. The van der Waals surface area contributed by atoms with Gasteiger partial charge < -0.3 is 19.3 Å². The molecule has 0 N–H and O–H groups in total. The fraction of sp³-hybridized carbons (Fsp3) is 0.410. The van der Waals surface area contributed by atoms with Crippen LogP contribution in [-0.4, -0.2) is 105 Å². The second kappa shape index (κ2) is 13.8. The van der Waals surface area contributed by atoms with Gasteiger partial charge in [0.2, 0.25) is 11.8 Å². The molecule has 5 heterocycles. The van der Waals surface area contributed by atoms with E-state index in [1.54, 1.807) is 6.92 Å². The molecule has 10 heteroatoms. The Morgan fingerprint density at radius 1 is 0.755 bits per heavy atom. The maximum Gasteiger partial charge on any atom is 0.254 e. The standard InChI is InChI=1S/C39H43N7O3/c1-27(47)43-14-10-29(11-15-43)38(48)45-16-12-33(13-17-45)44-18-20-46(21-19-44)39(49)31-23-35(28-6-4-3-5-7-28)41-36(24-31)30-8-9-37-34(22-30)32(25-40)26-42(37)2/h3-9,22-24,26,29,33H,10-21H2,1-2H3. The number of piperazine rings is 1. The highest BCUT2D eigenvalue weighted by molar-refractivity contribution is 5.97. The quantitative estimate of drug-likeness (QED) is 0.306. The van der Waals surface area contributed by atoms with Gasteiger partial charge >= 0.3 is 0 Å². The van der Waals surface area contributed by atoms with E-state index in [4.69, 9.17) is 4.98 Å². The van der Waals surface area contributed by atoms with Crippen molar-refractivity contribution < 1.29 is 14.4 Å². The van der Waals surface area contributed by atoms with Gasteiger partial charge in [0.05, 0.1) is 17.0 Å². The summed E-state index contributed by atoms with van der Waals surface area (Å²) in [5.41, 5.74) is 5.41. The number of aryl methyl sites for hydroxylation is 1. The Morgan fingerprint density at radius 2 is 1.41 bits per heavy atom. The van der Waals surface area contributed by atoms with E-state index in [0.717, 1.165) is 79.6 Å². The van der Waals surface area contributed by atoms with E-state index in [9.17, 15) is 19.6 Å². The lowest BCUT2D eigenvalue weighted by Gasteiger charge is -2.43. The number of piperidine rings is 2. The van der Waals surface area contributed by atoms with Crippen molar-refractivity contribution in [3.05, 3.63) is 78.0 Å². The van der Waals surface area contributed by atoms with E-state index in [0.29, 0.717) is 49.0 Å². The molecule has 2 aromatic carbocycles. The number of aromatic nitrogens is 2. The molecule has 0 radical (unpaired) electrons. The summed E-state index contributed by atoms with van der Waals surface area (Å²) in [4.78, 5) is 52.3.